The van der Waals surface area contributed by atoms with Crippen LogP contribution in [0, 0.1) is 13.8 Å². The zero-order chi connectivity index (χ0) is 22.3. The van der Waals surface area contributed by atoms with Crippen LogP contribution in [0.5, 0.6) is 0 Å². The van der Waals surface area contributed by atoms with Crippen molar-refractivity contribution in [1.29, 1.82) is 0 Å². The lowest BCUT2D eigenvalue weighted by Crippen LogP contribution is -2.59. The first-order valence-corrected chi connectivity index (χ1v) is 12.8. The molecule has 2 aromatic rings. The molecule has 2 heterocycles. The van der Waals surface area contributed by atoms with E-state index in [9.17, 15) is 0 Å². The summed E-state index contributed by atoms with van der Waals surface area (Å²) in [5.74, 6) is 0. The molecule has 2 fully saturated rings. The molecule has 0 amide bonds. The van der Waals surface area contributed by atoms with E-state index in [1.165, 1.54) is 74.4 Å². The van der Waals surface area contributed by atoms with Gasteiger partial charge in [0.05, 0.1) is 6.17 Å². The zero-order valence-corrected chi connectivity index (χ0v) is 20.5. The van der Waals surface area contributed by atoms with Gasteiger partial charge in [-0.3, -0.25) is 9.80 Å². The normalized spacial score (nSPS) is 18.5. The maximum atomic E-state index is 2.78. The van der Waals surface area contributed by atoms with E-state index in [0.717, 1.165) is 26.2 Å². The number of anilines is 2. The number of hydrogen-bond acceptors (Lipinski definition) is 4. The molecule has 0 radical (unpaired) electrons. The van der Waals surface area contributed by atoms with Crippen LogP contribution in [0.3, 0.4) is 0 Å². The average Bonchev–Trinajstić information content (AvgIpc) is 2.82. The number of benzene rings is 2. The van der Waals surface area contributed by atoms with Crippen LogP contribution in [-0.4, -0.2) is 68.3 Å². The molecular weight excluding hydrogens is 392 g/mol. The van der Waals surface area contributed by atoms with Crippen LogP contribution in [0.25, 0.3) is 0 Å². The lowest BCUT2D eigenvalue weighted by atomic mass is 10.1. The second-order valence-corrected chi connectivity index (χ2v) is 9.70. The van der Waals surface area contributed by atoms with Crippen LogP contribution < -0.4 is 9.80 Å². The van der Waals surface area contributed by atoms with Crippen molar-refractivity contribution in [3.63, 3.8) is 0 Å². The molecule has 2 aliphatic heterocycles. The third kappa shape index (κ3) is 5.85. The number of hydrogen-bond donors (Lipinski definition) is 0. The first-order valence-electron chi connectivity index (χ1n) is 12.8. The van der Waals surface area contributed by atoms with E-state index in [0.29, 0.717) is 6.17 Å². The summed E-state index contributed by atoms with van der Waals surface area (Å²) in [6, 6.07) is 18.0. The molecule has 0 N–H and O–H groups in total. The van der Waals surface area contributed by atoms with Crippen molar-refractivity contribution in [2.24, 2.45) is 0 Å². The maximum absolute atomic E-state index is 2.78. The van der Waals surface area contributed by atoms with Crippen molar-refractivity contribution in [3.8, 4) is 0 Å². The average molecular weight is 435 g/mol. The highest BCUT2D eigenvalue weighted by atomic mass is 15.4. The van der Waals surface area contributed by atoms with Crippen LogP contribution in [0.4, 0.5) is 11.4 Å². The summed E-state index contributed by atoms with van der Waals surface area (Å²) in [4.78, 5) is 10.7. The van der Waals surface area contributed by atoms with Gasteiger partial charge in [0.1, 0.15) is 0 Å². The van der Waals surface area contributed by atoms with Gasteiger partial charge in [-0.25, -0.2) is 0 Å². The Morgan fingerprint density at radius 1 is 0.656 bits per heavy atom. The molecule has 0 aliphatic carbocycles. The molecule has 0 aromatic heterocycles. The van der Waals surface area contributed by atoms with E-state index in [1.54, 1.807) is 0 Å². The second-order valence-electron chi connectivity index (χ2n) is 9.70. The van der Waals surface area contributed by atoms with Gasteiger partial charge in [-0.05, 0) is 55.7 Å². The Morgan fingerprint density at radius 2 is 1.12 bits per heavy atom. The second kappa shape index (κ2) is 11.2. The minimum Gasteiger partial charge on any atom is -0.369 e. The van der Waals surface area contributed by atoms with E-state index in [4.69, 9.17) is 0 Å². The Bertz CT molecular complexity index is 769. The van der Waals surface area contributed by atoms with E-state index in [2.05, 4.69) is 88.9 Å². The molecule has 0 spiro atoms. The fourth-order valence-corrected chi connectivity index (χ4v) is 5.38. The first-order chi connectivity index (χ1) is 15.6. The van der Waals surface area contributed by atoms with Gasteiger partial charge < -0.3 is 9.80 Å². The Morgan fingerprint density at radius 3 is 1.53 bits per heavy atom. The number of piperazine rings is 2. The largest absolute Gasteiger partial charge is 0.369 e. The summed E-state index contributed by atoms with van der Waals surface area (Å²) in [5.41, 5.74) is 5.49. The van der Waals surface area contributed by atoms with Crippen LogP contribution in [0.1, 0.15) is 43.7 Å². The predicted octanol–water partition coefficient (Wildman–Crippen LogP) is 5.15. The van der Waals surface area contributed by atoms with Crippen molar-refractivity contribution in [3.05, 3.63) is 59.7 Å². The third-order valence-electron chi connectivity index (χ3n) is 7.27. The fourth-order valence-electron chi connectivity index (χ4n) is 5.38. The molecule has 0 bridgehead atoms. The molecule has 0 unspecified atom stereocenters. The number of unbranched alkanes of at least 4 members (excludes halogenated alkanes) is 2. The fraction of sp³-hybridized carbons (Fsp3) is 0.571. The summed E-state index contributed by atoms with van der Waals surface area (Å²) in [5, 5.41) is 0. The molecule has 2 aliphatic rings. The van der Waals surface area contributed by atoms with E-state index in [-0.39, 0.29) is 0 Å². The number of aryl methyl sites for hydroxylation is 2. The van der Waals surface area contributed by atoms with Crippen LogP contribution >= 0.6 is 0 Å². The first kappa shape index (κ1) is 23.1. The van der Waals surface area contributed by atoms with Crippen molar-refractivity contribution >= 4 is 11.4 Å². The van der Waals surface area contributed by atoms with Crippen LogP contribution in [-0.2, 0) is 0 Å². The van der Waals surface area contributed by atoms with Gasteiger partial charge in [-0.2, -0.15) is 0 Å². The monoisotopic (exact) mass is 434 g/mol. The lowest BCUT2D eigenvalue weighted by molar-refractivity contribution is 0.0262. The van der Waals surface area contributed by atoms with Crippen LogP contribution in [0.15, 0.2) is 48.5 Å². The Hall–Kier alpha value is -2.04. The van der Waals surface area contributed by atoms with Gasteiger partial charge in [-0.1, -0.05) is 50.5 Å². The minimum atomic E-state index is 0.598. The highest BCUT2D eigenvalue weighted by Gasteiger charge is 2.30. The molecule has 4 heteroatoms. The summed E-state index contributed by atoms with van der Waals surface area (Å²) < 4.78 is 0. The maximum Gasteiger partial charge on any atom is 0.0624 e. The topological polar surface area (TPSA) is 13.0 Å². The molecule has 32 heavy (non-hydrogen) atoms. The van der Waals surface area contributed by atoms with Gasteiger partial charge in [0, 0.05) is 63.7 Å². The minimum absolute atomic E-state index is 0.598. The van der Waals surface area contributed by atoms with Gasteiger partial charge in [0.15, 0.2) is 0 Å². The smallest absolute Gasteiger partial charge is 0.0624 e. The van der Waals surface area contributed by atoms with Crippen molar-refractivity contribution < 1.29 is 0 Å². The molecule has 4 rings (SSSR count). The zero-order valence-electron chi connectivity index (χ0n) is 20.5. The Labute approximate surface area is 195 Å². The SMILES string of the molecule is CCCCCC(N1CCN(c2cccc(C)c2)CC1)N1CCN(c2cccc(C)c2)CC1. The van der Waals surface area contributed by atoms with E-state index < -0.39 is 0 Å². The predicted molar refractivity (Wildman–Crippen MR) is 138 cm³/mol. The number of nitrogens with zero attached hydrogens (tertiary/aromatic N) is 4. The van der Waals surface area contributed by atoms with Gasteiger partial charge >= 0.3 is 0 Å². The standard InChI is InChI=1S/C28H42N4/c1-4-5-6-13-28(31-18-14-29(15-19-31)26-11-7-9-24(2)22-26)32-20-16-30(17-21-32)27-12-8-10-25(3)23-27/h7-12,22-23,28H,4-6,13-21H2,1-3H3. The molecule has 0 saturated carbocycles. The lowest BCUT2D eigenvalue weighted by Gasteiger charge is -2.47. The van der Waals surface area contributed by atoms with Crippen molar-refractivity contribution in [1.82, 2.24) is 9.80 Å². The number of rotatable bonds is 8. The summed E-state index contributed by atoms with van der Waals surface area (Å²) in [6.45, 7) is 15.9. The van der Waals surface area contributed by atoms with Gasteiger partial charge in [-0.15, -0.1) is 0 Å². The molecular formula is C28H42N4. The van der Waals surface area contributed by atoms with E-state index in [1.807, 2.05) is 0 Å². The van der Waals surface area contributed by atoms with Gasteiger partial charge in [0.25, 0.3) is 0 Å². The summed E-state index contributed by atoms with van der Waals surface area (Å²) in [7, 11) is 0. The van der Waals surface area contributed by atoms with Gasteiger partial charge in [0.2, 0.25) is 0 Å². The molecule has 0 atom stereocenters. The van der Waals surface area contributed by atoms with Crippen LogP contribution in [0.2, 0.25) is 0 Å². The van der Waals surface area contributed by atoms with Crippen molar-refractivity contribution in [2.75, 3.05) is 62.2 Å². The quantitative estimate of drug-likeness (QED) is 0.532. The highest BCUT2D eigenvalue weighted by Crippen LogP contribution is 2.24. The molecule has 4 nitrogen and oxygen atoms in total. The Kier molecular flexibility index (Phi) is 8.10. The molecule has 2 saturated heterocycles. The highest BCUT2D eigenvalue weighted by molar-refractivity contribution is 5.49. The Balaban J connectivity index is 1.36. The molecule has 174 valence electrons. The summed E-state index contributed by atoms with van der Waals surface area (Å²) in [6.07, 6.45) is 5.90. The van der Waals surface area contributed by atoms with E-state index >= 15 is 0 Å². The van der Waals surface area contributed by atoms with Crippen molar-refractivity contribution in [2.45, 2.75) is 52.6 Å². The summed E-state index contributed by atoms with van der Waals surface area (Å²) >= 11 is 0. The molecule has 2 aromatic carbocycles. The third-order valence-corrected chi connectivity index (χ3v) is 7.27.